The third kappa shape index (κ3) is 5.99. The van der Waals surface area contributed by atoms with E-state index >= 15 is 0 Å². The average Bonchev–Trinajstić information content (AvgIpc) is 2.85. The summed E-state index contributed by atoms with van der Waals surface area (Å²) < 4.78 is 43.7. The Balaban J connectivity index is 1.18. The molecule has 2 aliphatic rings. The molecule has 4 N–H and O–H groups in total. The Labute approximate surface area is 208 Å². The second-order valence-corrected chi connectivity index (χ2v) is 9.60. The number of ether oxygens (including phenoxy) is 1. The van der Waals surface area contributed by atoms with E-state index in [2.05, 4.69) is 15.5 Å². The van der Waals surface area contributed by atoms with Gasteiger partial charge in [0.05, 0.1) is 25.3 Å². The molecule has 0 aromatic heterocycles. The first-order valence-corrected chi connectivity index (χ1v) is 12.0. The summed E-state index contributed by atoms with van der Waals surface area (Å²) in [7, 11) is 1.64. The number of nitrogens with one attached hydrogen (secondary N) is 2. The molecule has 0 bridgehead atoms. The molecule has 0 atom stereocenters. The van der Waals surface area contributed by atoms with Crippen LogP contribution in [0.4, 0.5) is 13.2 Å². The summed E-state index contributed by atoms with van der Waals surface area (Å²) >= 11 is 0. The minimum atomic E-state index is -4.54. The normalized spacial score (nSPS) is 23.0. The number of nitrogens with two attached hydrogens (primary N) is 1. The van der Waals surface area contributed by atoms with Gasteiger partial charge in [0.2, 0.25) is 5.91 Å². The molecule has 2 aromatic rings. The number of rotatable bonds is 7. The minimum Gasteiger partial charge on any atom is -0.497 e. The number of methoxy groups -OCH3 is 1. The Bertz CT molecular complexity index is 1080. The molecule has 1 saturated heterocycles. The van der Waals surface area contributed by atoms with Crippen molar-refractivity contribution in [2.75, 3.05) is 26.7 Å². The summed E-state index contributed by atoms with van der Waals surface area (Å²) in [6.07, 6.45) is -0.853. The summed E-state index contributed by atoms with van der Waals surface area (Å²) in [4.78, 5) is 26.7. The van der Waals surface area contributed by atoms with Crippen LogP contribution in [-0.2, 0) is 16.5 Å². The first-order valence-electron chi connectivity index (χ1n) is 12.0. The first-order chi connectivity index (χ1) is 17.1. The Morgan fingerprint density at radius 3 is 2.39 bits per heavy atom. The van der Waals surface area contributed by atoms with Crippen LogP contribution < -0.4 is 21.1 Å². The maximum atomic E-state index is 12.8. The second-order valence-electron chi connectivity index (χ2n) is 9.60. The molecule has 0 spiro atoms. The maximum Gasteiger partial charge on any atom is 0.416 e. The predicted molar refractivity (Wildman–Crippen MR) is 128 cm³/mol. The molecule has 2 fully saturated rings. The molecule has 1 aliphatic carbocycles. The van der Waals surface area contributed by atoms with E-state index in [9.17, 15) is 22.8 Å². The molecule has 2 amide bonds. The van der Waals surface area contributed by atoms with Crippen molar-refractivity contribution in [3.8, 4) is 5.75 Å². The summed E-state index contributed by atoms with van der Waals surface area (Å²) in [5, 5.41) is 5.25. The van der Waals surface area contributed by atoms with E-state index in [1.54, 1.807) is 7.11 Å². The number of alkyl halides is 3. The topological polar surface area (TPSA) is 96.7 Å². The fourth-order valence-corrected chi connectivity index (χ4v) is 4.97. The zero-order valence-electron chi connectivity index (χ0n) is 20.1. The monoisotopic (exact) mass is 504 g/mol. The SMILES string of the molecule is COc1ccc([C@]2(N)CC[C@H](N3CC(NC(=O)CNC(=O)c4cccc(C(F)(F)F)c4)C3)CC2)cc1. The largest absolute Gasteiger partial charge is 0.497 e. The van der Waals surface area contributed by atoms with E-state index in [0.717, 1.165) is 68.3 Å². The van der Waals surface area contributed by atoms with Gasteiger partial charge in [-0.15, -0.1) is 0 Å². The van der Waals surface area contributed by atoms with Gasteiger partial charge in [0.25, 0.3) is 5.91 Å². The van der Waals surface area contributed by atoms with Crippen LogP contribution in [0.3, 0.4) is 0 Å². The molecule has 2 aromatic carbocycles. The van der Waals surface area contributed by atoms with Gasteiger partial charge in [-0.05, 0) is 61.6 Å². The van der Waals surface area contributed by atoms with Crippen LogP contribution in [0.5, 0.6) is 5.75 Å². The number of hydrogen-bond donors (Lipinski definition) is 3. The lowest BCUT2D eigenvalue weighted by molar-refractivity contribution is -0.137. The Morgan fingerprint density at radius 2 is 1.78 bits per heavy atom. The van der Waals surface area contributed by atoms with E-state index in [1.165, 1.54) is 6.07 Å². The van der Waals surface area contributed by atoms with Gasteiger partial charge in [-0.2, -0.15) is 13.2 Å². The van der Waals surface area contributed by atoms with Crippen LogP contribution in [-0.4, -0.2) is 55.5 Å². The number of likely N-dealkylation sites (tertiary alicyclic amines) is 1. The zero-order chi connectivity index (χ0) is 25.9. The number of nitrogens with zero attached hydrogens (tertiary/aromatic N) is 1. The van der Waals surface area contributed by atoms with Crippen molar-refractivity contribution < 1.29 is 27.5 Å². The van der Waals surface area contributed by atoms with E-state index in [1.807, 2.05) is 24.3 Å². The van der Waals surface area contributed by atoms with E-state index < -0.39 is 17.6 Å². The molecule has 194 valence electrons. The minimum absolute atomic E-state index is 0.0193. The fraction of sp³-hybridized carbons (Fsp3) is 0.462. The number of carbonyl (C=O) groups excluding carboxylic acids is 2. The number of amides is 2. The van der Waals surface area contributed by atoms with E-state index in [0.29, 0.717) is 6.04 Å². The lowest BCUT2D eigenvalue weighted by atomic mass is 9.75. The number of benzene rings is 2. The highest BCUT2D eigenvalue weighted by atomic mass is 19.4. The van der Waals surface area contributed by atoms with Gasteiger partial charge >= 0.3 is 6.18 Å². The third-order valence-electron chi connectivity index (χ3n) is 7.17. The molecule has 1 aliphatic heterocycles. The average molecular weight is 505 g/mol. The third-order valence-corrected chi connectivity index (χ3v) is 7.17. The molecule has 36 heavy (non-hydrogen) atoms. The molecular weight excluding hydrogens is 473 g/mol. The smallest absolute Gasteiger partial charge is 0.416 e. The van der Waals surface area contributed by atoms with E-state index in [-0.39, 0.29) is 29.6 Å². The van der Waals surface area contributed by atoms with Crippen molar-refractivity contribution in [2.45, 2.75) is 49.5 Å². The molecule has 1 heterocycles. The molecular formula is C26H31F3N4O3. The van der Waals surface area contributed by atoms with Gasteiger partial charge in [-0.3, -0.25) is 14.5 Å². The van der Waals surface area contributed by atoms with Crippen LogP contribution in [0.1, 0.15) is 47.2 Å². The van der Waals surface area contributed by atoms with E-state index in [4.69, 9.17) is 10.5 Å². The molecule has 7 nitrogen and oxygen atoms in total. The van der Waals surface area contributed by atoms with Crippen LogP contribution in [0.15, 0.2) is 48.5 Å². The highest BCUT2D eigenvalue weighted by Gasteiger charge is 2.39. The summed E-state index contributed by atoms with van der Waals surface area (Å²) in [6, 6.07) is 12.4. The van der Waals surface area contributed by atoms with Crippen LogP contribution in [0, 0.1) is 0 Å². The highest BCUT2D eigenvalue weighted by Crippen LogP contribution is 2.38. The summed E-state index contributed by atoms with van der Waals surface area (Å²) in [6.45, 7) is 1.14. The van der Waals surface area contributed by atoms with Crippen LogP contribution in [0.2, 0.25) is 0 Å². The summed E-state index contributed by atoms with van der Waals surface area (Å²) in [5.74, 6) is -0.292. The first kappa shape index (κ1) is 26.0. The standard InChI is InChI=1S/C26H31F3N4O3/c1-36-22-7-5-18(6-8-22)25(30)11-9-21(10-12-25)33-15-20(16-33)32-23(34)14-31-24(35)17-3-2-4-19(13-17)26(27,28)29/h2-8,13,20-21H,9-12,14-16,30H2,1H3,(H,31,35)(H,32,34)/t21-,25-. The van der Waals surface area contributed by atoms with Crippen molar-refractivity contribution in [1.82, 2.24) is 15.5 Å². The number of carbonyl (C=O) groups is 2. The van der Waals surface area contributed by atoms with Gasteiger partial charge < -0.3 is 21.1 Å². The van der Waals surface area contributed by atoms with Crippen molar-refractivity contribution in [1.29, 1.82) is 0 Å². The van der Waals surface area contributed by atoms with Crippen molar-refractivity contribution in [3.05, 3.63) is 65.2 Å². The molecule has 0 unspecified atom stereocenters. The summed E-state index contributed by atoms with van der Waals surface area (Å²) in [5.41, 5.74) is 6.42. The van der Waals surface area contributed by atoms with Crippen LogP contribution in [0.25, 0.3) is 0 Å². The highest BCUT2D eigenvalue weighted by molar-refractivity contribution is 5.96. The van der Waals surface area contributed by atoms with Crippen molar-refractivity contribution in [2.24, 2.45) is 5.73 Å². The van der Waals surface area contributed by atoms with Gasteiger partial charge in [0.1, 0.15) is 5.75 Å². The van der Waals surface area contributed by atoms with Crippen LogP contribution >= 0.6 is 0 Å². The number of halogens is 3. The fourth-order valence-electron chi connectivity index (χ4n) is 4.97. The Morgan fingerprint density at radius 1 is 1.11 bits per heavy atom. The van der Waals surface area contributed by atoms with Gasteiger partial charge in [-0.25, -0.2) is 0 Å². The Kier molecular flexibility index (Phi) is 7.56. The predicted octanol–water partition coefficient (Wildman–Crippen LogP) is 3.04. The lowest BCUT2D eigenvalue weighted by Gasteiger charge is -2.48. The molecule has 10 heteroatoms. The van der Waals surface area contributed by atoms with Crippen molar-refractivity contribution >= 4 is 11.8 Å². The Hall–Kier alpha value is -3.11. The van der Waals surface area contributed by atoms with Crippen molar-refractivity contribution in [3.63, 3.8) is 0 Å². The van der Waals surface area contributed by atoms with Gasteiger partial charge in [-0.1, -0.05) is 18.2 Å². The zero-order valence-corrected chi connectivity index (χ0v) is 20.1. The van der Waals surface area contributed by atoms with Gasteiger partial charge in [0.15, 0.2) is 0 Å². The molecule has 4 rings (SSSR count). The second kappa shape index (κ2) is 10.5. The van der Waals surface area contributed by atoms with Gasteiger partial charge in [0, 0.05) is 30.2 Å². The lowest BCUT2D eigenvalue weighted by Crippen LogP contribution is -2.63. The quantitative estimate of drug-likeness (QED) is 0.539. The molecule has 1 saturated carbocycles. The number of hydrogen-bond acceptors (Lipinski definition) is 5. The maximum absolute atomic E-state index is 12.8. The molecule has 0 radical (unpaired) electrons.